The quantitative estimate of drug-likeness (QED) is 0.846. The molecule has 3 rings (SSSR count). The van der Waals surface area contributed by atoms with Crippen molar-refractivity contribution in [2.45, 2.75) is 19.8 Å². The number of hydrogen-bond donors (Lipinski definition) is 1. The third-order valence-corrected chi connectivity index (χ3v) is 5.10. The highest BCUT2D eigenvalue weighted by molar-refractivity contribution is 6.33. The van der Waals surface area contributed by atoms with Crippen LogP contribution in [0.25, 0.3) is 0 Å². The zero-order chi connectivity index (χ0) is 15.0. The van der Waals surface area contributed by atoms with Gasteiger partial charge in [0.25, 0.3) is 5.91 Å². The lowest BCUT2D eigenvalue weighted by molar-refractivity contribution is 0.0758. The van der Waals surface area contributed by atoms with E-state index in [1.165, 1.54) is 6.07 Å². The lowest BCUT2D eigenvalue weighted by atomic mass is 9.92. The summed E-state index contributed by atoms with van der Waals surface area (Å²) in [6, 6.07) is 2.80. The Kier molecular flexibility index (Phi) is 5.70. The number of nitrogens with zero attached hydrogens (tertiary/aromatic N) is 1. The molecule has 1 aromatic rings. The second-order valence-electron chi connectivity index (χ2n) is 6.13. The number of amides is 1. The molecule has 22 heavy (non-hydrogen) atoms. The number of fused-ring (bicyclic) bond motifs is 1. The molecular formula is C16H21Cl2FN2O. The Balaban J connectivity index is 0.00000176. The minimum absolute atomic E-state index is 0. The summed E-state index contributed by atoms with van der Waals surface area (Å²) in [5.74, 6) is 0.908. The zero-order valence-electron chi connectivity index (χ0n) is 12.6. The topological polar surface area (TPSA) is 32.3 Å². The first-order valence-electron chi connectivity index (χ1n) is 7.52. The average Bonchev–Trinajstić information content (AvgIpc) is 2.81. The van der Waals surface area contributed by atoms with E-state index in [-0.39, 0.29) is 29.2 Å². The number of hydrogen-bond acceptors (Lipinski definition) is 2. The number of carbonyl (C=O) groups is 1. The van der Waals surface area contributed by atoms with E-state index < -0.39 is 0 Å². The second-order valence-corrected chi connectivity index (χ2v) is 6.54. The molecule has 0 aromatic heterocycles. The van der Waals surface area contributed by atoms with Crippen molar-refractivity contribution < 1.29 is 9.18 Å². The molecule has 0 bridgehead atoms. The van der Waals surface area contributed by atoms with E-state index in [2.05, 4.69) is 5.32 Å². The summed E-state index contributed by atoms with van der Waals surface area (Å²) < 4.78 is 13.5. The Morgan fingerprint density at radius 3 is 2.45 bits per heavy atom. The van der Waals surface area contributed by atoms with Crippen LogP contribution < -0.4 is 5.32 Å². The highest BCUT2D eigenvalue weighted by Gasteiger charge is 2.32. The number of carbonyl (C=O) groups excluding carboxylic acids is 1. The lowest BCUT2D eigenvalue weighted by Crippen LogP contribution is -2.33. The molecule has 2 fully saturated rings. The van der Waals surface area contributed by atoms with E-state index in [0.29, 0.717) is 23.0 Å². The predicted molar refractivity (Wildman–Crippen MR) is 88.4 cm³/mol. The van der Waals surface area contributed by atoms with E-state index in [9.17, 15) is 9.18 Å². The minimum Gasteiger partial charge on any atom is -0.339 e. The van der Waals surface area contributed by atoms with Gasteiger partial charge in [-0.1, -0.05) is 11.6 Å². The van der Waals surface area contributed by atoms with Gasteiger partial charge >= 0.3 is 0 Å². The zero-order valence-corrected chi connectivity index (χ0v) is 14.1. The van der Waals surface area contributed by atoms with Crippen LogP contribution in [0.5, 0.6) is 0 Å². The molecule has 1 N–H and O–H groups in total. The van der Waals surface area contributed by atoms with E-state index in [0.717, 1.165) is 39.0 Å². The van der Waals surface area contributed by atoms with E-state index in [4.69, 9.17) is 11.6 Å². The third kappa shape index (κ3) is 3.39. The number of likely N-dealkylation sites (tertiary alicyclic amines) is 1. The SMILES string of the molecule is Cc1cc(C(=O)N2CC[C@@H]3CNC[C@@H]3CC2)c(Cl)cc1F.Cl. The standard InChI is InChI=1S/C16H20ClFN2O.ClH/c1-10-6-13(14(17)7-15(10)18)16(21)20-4-2-11-8-19-9-12(11)3-5-20;/h6-7,11-12,19H,2-5,8-9H2,1H3;1H/t11-,12+;. The Morgan fingerprint density at radius 2 is 1.86 bits per heavy atom. The van der Waals surface area contributed by atoms with Crippen LogP contribution in [0.2, 0.25) is 5.02 Å². The van der Waals surface area contributed by atoms with Gasteiger partial charge in [-0.3, -0.25) is 4.79 Å². The first-order chi connectivity index (χ1) is 10.1. The lowest BCUT2D eigenvalue weighted by Gasteiger charge is -2.22. The summed E-state index contributed by atoms with van der Waals surface area (Å²) in [5.41, 5.74) is 0.874. The van der Waals surface area contributed by atoms with Crippen molar-refractivity contribution in [1.82, 2.24) is 10.2 Å². The van der Waals surface area contributed by atoms with Crippen LogP contribution in [0, 0.1) is 24.6 Å². The molecule has 0 spiro atoms. The van der Waals surface area contributed by atoms with Gasteiger partial charge in [0.05, 0.1) is 10.6 Å². The molecule has 0 saturated carbocycles. The molecule has 6 heteroatoms. The van der Waals surface area contributed by atoms with Crippen LogP contribution >= 0.6 is 24.0 Å². The molecular weight excluding hydrogens is 326 g/mol. The average molecular weight is 347 g/mol. The maximum absolute atomic E-state index is 13.5. The maximum Gasteiger partial charge on any atom is 0.255 e. The summed E-state index contributed by atoms with van der Waals surface area (Å²) in [6.45, 7) is 5.29. The number of halogens is 3. The summed E-state index contributed by atoms with van der Waals surface area (Å²) in [4.78, 5) is 14.5. The Morgan fingerprint density at radius 1 is 1.27 bits per heavy atom. The second kappa shape index (κ2) is 7.16. The fraction of sp³-hybridized carbons (Fsp3) is 0.562. The van der Waals surface area contributed by atoms with Crippen LogP contribution in [-0.4, -0.2) is 37.0 Å². The van der Waals surface area contributed by atoms with Gasteiger partial charge in [-0.2, -0.15) is 0 Å². The molecule has 1 aromatic carbocycles. The summed E-state index contributed by atoms with van der Waals surface area (Å²) in [5, 5.41) is 3.63. The van der Waals surface area contributed by atoms with Gasteiger partial charge in [-0.25, -0.2) is 4.39 Å². The molecule has 2 atom stereocenters. The maximum atomic E-state index is 13.5. The van der Waals surface area contributed by atoms with Crippen LogP contribution in [0.1, 0.15) is 28.8 Å². The Hall–Kier alpha value is -0.840. The normalized spacial score (nSPS) is 24.4. The van der Waals surface area contributed by atoms with E-state index in [1.54, 1.807) is 13.0 Å². The summed E-state index contributed by atoms with van der Waals surface area (Å²) >= 11 is 6.05. The number of nitrogens with one attached hydrogen (secondary N) is 1. The third-order valence-electron chi connectivity index (χ3n) is 4.79. The number of rotatable bonds is 1. The molecule has 2 saturated heterocycles. The molecule has 2 aliphatic heterocycles. The monoisotopic (exact) mass is 346 g/mol. The van der Waals surface area contributed by atoms with Crippen molar-refractivity contribution in [1.29, 1.82) is 0 Å². The van der Waals surface area contributed by atoms with E-state index in [1.807, 2.05) is 4.90 Å². The smallest absolute Gasteiger partial charge is 0.255 e. The van der Waals surface area contributed by atoms with Crippen molar-refractivity contribution in [2.75, 3.05) is 26.2 Å². The van der Waals surface area contributed by atoms with Gasteiger partial charge < -0.3 is 10.2 Å². The van der Waals surface area contributed by atoms with Crippen LogP contribution in [0.15, 0.2) is 12.1 Å². The summed E-state index contributed by atoms with van der Waals surface area (Å²) in [6.07, 6.45) is 2.06. The van der Waals surface area contributed by atoms with Crippen LogP contribution in [0.3, 0.4) is 0 Å². The van der Waals surface area contributed by atoms with Crippen molar-refractivity contribution in [3.05, 3.63) is 34.1 Å². The van der Waals surface area contributed by atoms with Gasteiger partial charge in [-0.05, 0) is 62.4 Å². The first-order valence-corrected chi connectivity index (χ1v) is 7.89. The molecule has 2 aliphatic rings. The Labute approximate surface area is 141 Å². The number of benzene rings is 1. The fourth-order valence-electron chi connectivity index (χ4n) is 3.41. The van der Waals surface area contributed by atoms with Crippen LogP contribution in [-0.2, 0) is 0 Å². The van der Waals surface area contributed by atoms with Gasteiger partial charge in [0.15, 0.2) is 0 Å². The largest absolute Gasteiger partial charge is 0.339 e. The molecule has 0 radical (unpaired) electrons. The molecule has 0 unspecified atom stereocenters. The van der Waals surface area contributed by atoms with Gasteiger partial charge in [0.1, 0.15) is 5.82 Å². The highest BCUT2D eigenvalue weighted by atomic mass is 35.5. The number of aryl methyl sites for hydroxylation is 1. The van der Waals surface area contributed by atoms with Crippen LogP contribution in [0.4, 0.5) is 4.39 Å². The van der Waals surface area contributed by atoms with Gasteiger partial charge in [-0.15, -0.1) is 12.4 Å². The minimum atomic E-state index is -0.368. The molecule has 122 valence electrons. The van der Waals surface area contributed by atoms with Gasteiger partial charge in [0.2, 0.25) is 0 Å². The van der Waals surface area contributed by atoms with Gasteiger partial charge in [0, 0.05) is 13.1 Å². The Bertz CT molecular complexity index is 553. The van der Waals surface area contributed by atoms with Crippen molar-refractivity contribution in [3.63, 3.8) is 0 Å². The fourth-order valence-corrected chi connectivity index (χ4v) is 3.64. The van der Waals surface area contributed by atoms with Crippen molar-refractivity contribution in [3.8, 4) is 0 Å². The first kappa shape index (κ1) is 17.5. The molecule has 3 nitrogen and oxygen atoms in total. The summed E-state index contributed by atoms with van der Waals surface area (Å²) in [7, 11) is 0. The van der Waals surface area contributed by atoms with Crippen molar-refractivity contribution in [2.24, 2.45) is 11.8 Å². The molecule has 0 aliphatic carbocycles. The predicted octanol–water partition coefficient (Wildman–Crippen LogP) is 3.28. The van der Waals surface area contributed by atoms with E-state index >= 15 is 0 Å². The highest BCUT2D eigenvalue weighted by Crippen LogP contribution is 2.29. The molecule has 2 heterocycles. The molecule has 1 amide bonds. The van der Waals surface area contributed by atoms with Crippen molar-refractivity contribution >= 4 is 29.9 Å².